The highest BCUT2D eigenvalue weighted by molar-refractivity contribution is 5.26. The number of aryl methyl sites for hydroxylation is 1. The number of hydrogen-bond donors (Lipinski definition) is 3. The van der Waals surface area contributed by atoms with E-state index >= 15 is 0 Å². The van der Waals surface area contributed by atoms with Crippen LogP contribution in [0.15, 0.2) is 18.2 Å². The molecule has 4 heteroatoms. The number of halogens is 1. The molecule has 1 aromatic rings. The van der Waals surface area contributed by atoms with Crippen LogP contribution in [0.4, 0.5) is 4.39 Å². The molecule has 17 heavy (non-hydrogen) atoms. The monoisotopic (exact) mass is 241 g/mol. The maximum atomic E-state index is 13.1. The van der Waals surface area contributed by atoms with Gasteiger partial charge in [0.1, 0.15) is 5.82 Å². The zero-order valence-electron chi connectivity index (χ0n) is 10.3. The van der Waals surface area contributed by atoms with E-state index in [0.717, 1.165) is 11.1 Å². The number of aliphatic hydroxyl groups excluding tert-OH is 2. The largest absolute Gasteiger partial charge is 0.394 e. The van der Waals surface area contributed by atoms with Gasteiger partial charge in [-0.25, -0.2) is 4.39 Å². The van der Waals surface area contributed by atoms with Gasteiger partial charge in [0.15, 0.2) is 0 Å². The van der Waals surface area contributed by atoms with Crippen molar-refractivity contribution < 1.29 is 14.6 Å². The summed E-state index contributed by atoms with van der Waals surface area (Å²) >= 11 is 0. The van der Waals surface area contributed by atoms with E-state index in [9.17, 15) is 14.6 Å². The molecule has 1 aromatic carbocycles. The molecule has 0 heterocycles. The van der Waals surface area contributed by atoms with Crippen LogP contribution in [0.2, 0.25) is 0 Å². The van der Waals surface area contributed by atoms with E-state index in [4.69, 9.17) is 0 Å². The average Bonchev–Trinajstić information content (AvgIpc) is 2.35. The van der Waals surface area contributed by atoms with Gasteiger partial charge in [-0.05, 0) is 36.6 Å². The van der Waals surface area contributed by atoms with Gasteiger partial charge in [0, 0.05) is 6.54 Å². The molecule has 0 saturated heterocycles. The Labute approximate surface area is 101 Å². The second-order valence-electron chi connectivity index (χ2n) is 4.37. The first-order chi connectivity index (χ1) is 8.06. The highest BCUT2D eigenvalue weighted by Crippen LogP contribution is 2.14. The zero-order chi connectivity index (χ0) is 12.9. The lowest BCUT2D eigenvalue weighted by atomic mass is 9.97. The summed E-state index contributed by atoms with van der Waals surface area (Å²) in [6.45, 7) is 3.93. The molecule has 0 aromatic heterocycles. The average molecular weight is 241 g/mol. The highest BCUT2D eigenvalue weighted by Gasteiger charge is 2.25. The molecule has 0 atom stereocenters. The second-order valence-corrected chi connectivity index (χ2v) is 4.37. The van der Waals surface area contributed by atoms with Gasteiger partial charge in [-0.2, -0.15) is 0 Å². The highest BCUT2D eigenvalue weighted by atomic mass is 19.1. The Morgan fingerprint density at radius 3 is 2.47 bits per heavy atom. The van der Waals surface area contributed by atoms with Gasteiger partial charge in [0.2, 0.25) is 0 Å². The Morgan fingerprint density at radius 2 is 1.94 bits per heavy atom. The predicted octanol–water partition coefficient (Wildman–Crippen LogP) is 1.36. The number of aliphatic hydroxyl groups is 2. The summed E-state index contributed by atoms with van der Waals surface area (Å²) in [5, 5.41) is 21.7. The molecule has 96 valence electrons. The number of rotatable bonds is 6. The van der Waals surface area contributed by atoms with Crippen molar-refractivity contribution in [3.63, 3.8) is 0 Å². The quantitative estimate of drug-likeness (QED) is 0.705. The lowest BCUT2D eigenvalue weighted by Gasteiger charge is -2.30. The van der Waals surface area contributed by atoms with E-state index in [1.165, 1.54) is 12.1 Å². The Bertz CT molecular complexity index is 356. The maximum Gasteiger partial charge on any atom is 0.123 e. The molecule has 0 aliphatic carbocycles. The van der Waals surface area contributed by atoms with Crippen molar-refractivity contribution in [1.29, 1.82) is 0 Å². The van der Waals surface area contributed by atoms with E-state index in [-0.39, 0.29) is 19.0 Å². The third kappa shape index (κ3) is 3.49. The molecular weight excluding hydrogens is 221 g/mol. The summed E-state index contributed by atoms with van der Waals surface area (Å²) in [5.41, 5.74) is 1.13. The van der Waals surface area contributed by atoms with Crippen LogP contribution in [-0.4, -0.2) is 29.0 Å². The fraction of sp³-hybridized carbons (Fsp3) is 0.538. The van der Waals surface area contributed by atoms with Gasteiger partial charge in [0.25, 0.3) is 0 Å². The molecule has 0 radical (unpaired) electrons. The summed E-state index contributed by atoms with van der Waals surface area (Å²) in [7, 11) is 0. The third-order valence-electron chi connectivity index (χ3n) is 3.25. The summed E-state index contributed by atoms with van der Waals surface area (Å²) in [4.78, 5) is 0. The van der Waals surface area contributed by atoms with Crippen molar-refractivity contribution >= 4 is 0 Å². The van der Waals surface area contributed by atoms with E-state index in [1.807, 2.05) is 13.8 Å². The van der Waals surface area contributed by atoms with Crippen LogP contribution in [0.25, 0.3) is 0 Å². The van der Waals surface area contributed by atoms with Crippen LogP contribution >= 0.6 is 0 Å². The molecule has 0 aliphatic rings. The van der Waals surface area contributed by atoms with Crippen LogP contribution in [0.1, 0.15) is 24.5 Å². The normalized spacial score (nSPS) is 11.8. The molecule has 0 amide bonds. The third-order valence-corrected chi connectivity index (χ3v) is 3.25. The molecule has 0 spiro atoms. The summed E-state index contributed by atoms with van der Waals surface area (Å²) in [6.07, 6.45) is 0.606. The minimum atomic E-state index is -0.696. The molecule has 1 rings (SSSR count). The van der Waals surface area contributed by atoms with Crippen LogP contribution in [0.5, 0.6) is 0 Å². The van der Waals surface area contributed by atoms with Crippen LogP contribution in [0.3, 0.4) is 0 Å². The molecule has 3 N–H and O–H groups in total. The van der Waals surface area contributed by atoms with Crippen LogP contribution < -0.4 is 5.32 Å². The predicted molar refractivity (Wildman–Crippen MR) is 65.2 cm³/mol. The summed E-state index contributed by atoms with van der Waals surface area (Å²) < 4.78 is 13.1. The molecule has 0 unspecified atom stereocenters. The topological polar surface area (TPSA) is 52.5 Å². The Morgan fingerprint density at radius 1 is 1.29 bits per heavy atom. The standard InChI is InChI=1S/C13H20FNO2/c1-3-13(8-16,9-17)15-7-11-6-12(14)5-4-10(11)2/h4-6,15-17H,3,7-9H2,1-2H3. The Hall–Kier alpha value is -0.970. The molecule has 0 saturated carbocycles. The van der Waals surface area contributed by atoms with Crippen LogP contribution in [-0.2, 0) is 6.54 Å². The van der Waals surface area contributed by atoms with Gasteiger partial charge in [-0.15, -0.1) is 0 Å². The molecule has 0 aliphatic heterocycles. The van der Waals surface area contributed by atoms with E-state index in [1.54, 1.807) is 6.07 Å². The van der Waals surface area contributed by atoms with Gasteiger partial charge in [-0.1, -0.05) is 13.0 Å². The first-order valence-corrected chi connectivity index (χ1v) is 5.78. The van der Waals surface area contributed by atoms with Crippen molar-refractivity contribution in [3.8, 4) is 0 Å². The SMILES string of the molecule is CCC(CO)(CO)NCc1cc(F)ccc1C. The van der Waals surface area contributed by atoms with E-state index in [2.05, 4.69) is 5.32 Å². The van der Waals surface area contributed by atoms with E-state index in [0.29, 0.717) is 13.0 Å². The minimum Gasteiger partial charge on any atom is -0.394 e. The first kappa shape index (κ1) is 14.1. The molecular formula is C13H20FNO2. The Kier molecular flexibility index (Phi) is 5.05. The fourth-order valence-electron chi connectivity index (χ4n) is 1.62. The first-order valence-electron chi connectivity index (χ1n) is 5.78. The summed E-state index contributed by atoms with van der Waals surface area (Å²) in [5.74, 6) is -0.275. The van der Waals surface area contributed by atoms with Crippen molar-refractivity contribution in [2.24, 2.45) is 0 Å². The smallest absolute Gasteiger partial charge is 0.123 e. The molecule has 0 fully saturated rings. The molecule has 3 nitrogen and oxygen atoms in total. The maximum absolute atomic E-state index is 13.1. The van der Waals surface area contributed by atoms with Gasteiger partial charge >= 0.3 is 0 Å². The molecule has 0 bridgehead atoms. The van der Waals surface area contributed by atoms with Crippen molar-refractivity contribution in [2.75, 3.05) is 13.2 Å². The van der Waals surface area contributed by atoms with Gasteiger partial charge < -0.3 is 15.5 Å². The van der Waals surface area contributed by atoms with E-state index < -0.39 is 5.54 Å². The lowest BCUT2D eigenvalue weighted by molar-refractivity contribution is 0.0863. The van der Waals surface area contributed by atoms with Crippen molar-refractivity contribution in [3.05, 3.63) is 35.1 Å². The van der Waals surface area contributed by atoms with Crippen molar-refractivity contribution in [1.82, 2.24) is 5.32 Å². The van der Waals surface area contributed by atoms with Crippen LogP contribution in [0, 0.1) is 12.7 Å². The number of hydrogen-bond acceptors (Lipinski definition) is 3. The number of benzene rings is 1. The summed E-state index contributed by atoms with van der Waals surface area (Å²) in [6, 6.07) is 4.61. The zero-order valence-corrected chi connectivity index (χ0v) is 10.3. The Balaban J connectivity index is 2.75. The minimum absolute atomic E-state index is 0.144. The number of nitrogens with one attached hydrogen (secondary N) is 1. The lowest BCUT2D eigenvalue weighted by Crippen LogP contribution is -2.50. The van der Waals surface area contributed by atoms with Gasteiger partial charge in [0.05, 0.1) is 18.8 Å². The fourth-order valence-corrected chi connectivity index (χ4v) is 1.62. The van der Waals surface area contributed by atoms with Crippen molar-refractivity contribution in [2.45, 2.75) is 32.4 Å². The second kappa shape index (κ2) is 6.10. The van der Waals surface area contributed by atoms with Gasteiger partial charge in [-0.3, -0.25) is 0 Å².